The summed E-state index contributed by atoms with van der Waals surface area (Å²) in [5, 5.41) is 8.07. The van der Waals surface area contributed by atoms with Crippen LogP contribution in [0.2, 0.25) is 0 Å². The van der Waals surface area contributed by atoms with E-state index in [4.69, 9.17) is 0 Å². The number of rotatable bonds is 7. The van der Waals surface area contributed by atoms with Gasteiger partial charge in [0.05, 0.1) is 0 Å². The minimum absolute atomic E-state index is 0.102. The number of urea groups is 1. The lowest BCUT2D eigenvalue weighted by Crippen LogP contribution is -2.46. The van der Waals surface area contributed by atoms with Gasteiger partial charge >= 0.3 is 6.03 Å². The fourth-order valence-electron chi connectivity index (χ4n) is 3.28. The topological polar surface area (TPSA) is 76.7 Å². The predicted molar refractivity (Wildman–Crippen MR) is 97.7 cm³/mol. The van der Waals surface area contributed by atoms with E-state index in [0.29, 0.717) is 13.1 Å². The molecule has 25 heavy (non-hydrogen) atoms. The van der Waals surface area contributed by atoms with E-state index in [9.17, 15) is 9.59 Å². The SMILES string of the molecule is O=C1NC[C@@H](C(=O)NCCCCN2CCN(c3ccccc3)CC2)N1. The number of amides is 3. The summed E-state index contributed by atoms with van der Waals surface area (Å²) in [5.41, 5.74) is 1.30. The number of nitrogens with zero attached hydrogens (tertiary/aromatic N) is 2. The van der Waals surface area contributed by atoms with Crippen LogP contribution in [0.25, 0.3) is 0 Å². The summed E-state index contributed by atoms with van der Waals surface area (Å²) in [5.74, 6) is -0.102. The van der Waals surface area contributed by atoms with Crippen molar-refractivity contribution in [3.63, 3.8) is 0 Å². The molecule has 0 saturated carbocycles. The Labute approximate surface area is 148 Å². The standard InChI is InChI=1S/C18H27N5O2/c24-17(16-14-20-18(25)21-16)19-8-4-5-9-22-10-12-23(13-11-22)15-6-2-1-3-7-15/h1-3,6-7,16H,4-5,8-14H2,(H,19,24)(H2,20,21,25)/t16-/m0/s1. The summed E-state index contributed by atoms with van der Waals surface area (Å²) in [7, 11) is 0. The molecule has 1 atom stereocenters. The van der Waals surface area contributed by atoms with Crippen molar-refractivity contribution in [3.8, 4) is 0 Å². The first kappa shape index (κ1) is 17.5. The first-order chi connectivity index (χ1) is 12.2. The van der Waals surface area contributed by atoms with Gasteiger partial charge in [0.25, 0.3) is 0 Å². The molecule has 0 aromatic heterocycles. The highest BCUT2D eigenvalue weighted by atomic mass is 16.2. The van der Waals surface area contributed by atoms with Crippen LogP contribution in [0, 0.1) is 0 Å². The zero-order valence-corrected chi connectivity index (χ0v) is 14.5. The van der Waals surface area contributed by atoms with Crippen LogP contribution in [-0.2, 0) is 4.79 Å². The van der Waals surface area contributed by atoms with Gasteiger partial charge < -0.3 is 20.9 Å². The van der Waals surface area contributed by atoms with Gasteiger partial charge in [-0.25, -0.2) is 4.79 Å². The molecule has 2 aliphatic rings. The molecule has 3 amide bonds. The van der Waals surface area contributed by atoms with Crippen molar-refractivity contribution in [1.82, 2.24) is 20.9 Å². The number of carbonyl (C=O) groups excluding carboxylic acids is 2. The van der Waals surface area contributed by atoms with Crippen molar-refractivity contribution < 1.29 is 9.59 Å². The molecule has 2 saturated heterocycles. The lowest BCUT2D eigenvalue weighted by molar-refractivity contribution is -0.122. The van der Waals surface area contributed by atoms with Crippen LogP contribution in [0.15, 0.2) is 30.3 Å². The fraction of sp³-hybridized carbons (Fsp3) is 0.556. The smallest absolute Gasteiger partial charge is 0.315 e. The summed E-state index contributed by atoms with van der Waals surface area (Å²) in [6.45, 7) is 6.40. The Kier molecular flexibility index (Phi) is 6.11. The van der Waals surface area contributed by atoms with Crippen LogP contribution in [0.3, 0.4) is 0 Å². The van der Waals surface area contributed by atoms with Gasteiger partial charge in [0, 0.05) is 45.0 Å². The average molecular weight is 345 g/mol. The van der Waals surface area contributed by atoms with E-state index in [-0.39, 0.29) is 11.9 Å². The maximum absolute atomic E-state index is 11.8. The highest BCUT2D eigenvalue weighted by Gasteiger charge is 2.26. The maximum Gasteiger partial charge on any atom is 0.315 e. The van der Waals surface area contributed by atoms with Gasteiger partial charge in [-0.2, -0.15) is 0 Å². The number of anilines is 1. The number of piperazine rings is 1. The van der Waals surface area contributed by atoms with E-state index in [0.717, 1.165) is 45.6 Å². The van der Waals surface area contributed by atoms with Gasteiger partial charge in [-0.05, 0) is 31.5 Å². The second-order valence-corrected chi connectivity index (χ2v) is 6.57. The lowest BCUT2D eigenvalue weighted by Gasteiger charge is -2.36. The first-order valence-electron chi connectivity index (χ1n) is 9.07. The van der Waals surface area contributed by atoms with Crippen LogP contribution in [-0.4, -0.2) is 68.7 Å². The molecular weight excluding hydrogens is 318 g/mol. The van der Waals surface area contributed by atoms with Crippen LogP contribution < -0.4 is 20.9 Å². The quantitative estimate of drug-likeness (QED) is 0.625. The van der Waals surface area contributed by atoms with E-state index in [1.165, 1.54) is 5.69 Å². The van der Waals surface area contributed by atoms with E-state index < -0.39 is 6.04 Å². The number of benzene rings is 1. The molecule has 2 heterocycles. The monoisotopic (exact) mass is 345 g/mol. The minimum Gasteiger partial charge on any atom is -0.369 e. The van der Waals surface area contributed by atoms with E-state index in [1.54, 1.807) is 0 Å². The Bertz CT molecular complexity index is 572. The van der Waals surface area contributed by atoms with Crippen LogP contribution in [0.1, 0.15) is 12.8 Å². The number of hydrogen-bond acceptors (Lipinski definition) is 4. The number of unbranched alkanes of at least 4 members (excludes halogenated alkanes) is 1. The molecule has 2 aliphatic heterocycles. The van der Waals surface area contributed by atoms with E-state index in [2.05, 4.69) is 56.1 Å². The van der Waals surface area contributed by atoms with Crippen molar-refractivity contribution >= 4 is 17.6 Å². The normalized spacial score (nSPS) is 20.9. The number of nitrogens with one attached hydrogen (secondary N) is 3. The molecule has 3 rings (SSSR count). The molecule has 0 radical (unpaired) electrons. The number of carbonyl (C=O) groups is 2. The largest absolute Gasteiger partial charge is 0.369 e. The Morgan fingerprint density at radius 2 is 1.88 bits per heavy atom. The van der Waals surface area contributed by atoms with Crippen molar-refractivity contribution in [2.75, 3.05) is 50.7 Å². The average Bonchev–Trinajstić information content (AvgIpc) is 3.09. The van der Waals surface area contributed by atoms with Gasteiger partial charge in [0.2, 0.25) is 5.91 Å². The Hall–Kier alpha value is -2.28. The molecule has 7 nitrogen and oxygen atoms in total. The van der Waals surface area contributed by atoms with Gasteiger partial charge in [-0.15, -0.1) is 0 Å². The molecule has 1 aromatic rings. The number of hydrogen-bond donors (Lipinski definition) is 3. The third kappa shape index (κ3) is 5.09. The Morgan fingerprint density at radius 3 is 2.56 bits per heavy atom. The van der Waals surface area contributed by atoms with Gasteiger partial charge in [-0.3, -0.25) is 9.69 Å². The maximum atomic E-state index is 11.8. The van der Waals surface area contributed by atoms with Crippen molar-refractivity contribution in [2.45, 2.75) is 18.9 Å². The van der Waals surface area contributed by atoms with Gasteiger partial charge in [0.15, 0.2) is 0 Å². The summed E-state index contributed by atoms with van der Waals surface area (Å²) in [6.07, 6.45) is 2.03. The van der Waals surface area contributed by atoms with Crippen molar-refractivity contribution in [1.29, 1.82) is 0 Å². The third-order valence-electron chi connectivity index (χ3n) is 4.78. The molecule has 7 heteroatoms. The zero-order valence-electron chi connectivity index (χ0n) is 14.5. The molecular formula is C18H27N5O2. The lowest BCUT2D eigenvalue weighted by atomic mass is 10.2. The van der Waals surface area contributed by atoms with Gasteiger partial charge in [-0.1, -0.05) is 18.2 Å². The molecule has 0 unspecified atom stereocenters. The number of para-hydroxylation sites is 1. The summed E-state index contributed by atoms with van der Waals surface area (Å²) in [6, 6.07) is 9.86. The van der Waals surface area contributed by atoms with Gasteiger partial charge in [0.1, 0.15) is 6.04 Å². The van der Waals surface area contributed by atoms with Crippen LogP contribution >= 0.6 is 0 Å². The Balaban J connectivity index is 1.25. The van der Waals surface area contributed by atoms with Crippen LogP contribution in [0.5, 0.6) is 0 Å². The summed E-state index contributed by atoms with van der Waals surface area (Å²) >= 11 is 0. The minimum atomic E-state index is -0.432. The molecule has 0 aliphatic carbocycles. The molecule has 2 fully saturated rings. The predicted octanol–water partition coefficient (Wildman–Crippen LogP) is 0.386. The molecule has 1 aromatic carbocycles. The third-order valence-corrected chi connectivity index (χ3v) is 4.78. The molecule has 136 valence electrons. The Morgan fingerprint density at radius 1 is 1.12 bits per heavy atom. The molecule has 0 bridgehead atoms. The van der Waals surface area contributed by atoms with E-state index in [1.807, 2.05) is 0 Å². The second kappa shape index (κ2) is 8.71. The van der Waals surface area contributed by atoms with Crippen LogP contribution in [0.4, 0.5) is 10.5 Å². The molecule has 3 N–H and O–H groups in total. The van der Waals surface area contributed by atoms with E-state index >= 15 is 0 Å². The highest BCUT2D eigenvalue weighted by Crippen LogP contribution is 2.15. The zero-order chi connectivity index (χ0) is 17.5. The van der Waals surface area contributed by atoms with Crippen molar-refractivity contribution in [2.24, 2.45) is 0 Å². The fourth-order valence-corrected chi connectivity index (χ4v) is 3.28. The highest BCUT2D eigenvalue weighted by molar-refractivity contribution is 5.90. The summed E-state index contributed by atoms with van der Waals surface area (Å²) < 4.78 is 0. The first-order valence-corrected chi connectivity index (χ1v) is 9.07. The van der Waals surface area contributed by atoms with Crippen molar-refractivity contribution in [3.05, 3.63) is 30.3 Å². The summed E-state index contributed by atoms with van der Waals surface area (Å²) in [4.78, 5) is 27.8. The molecule has 0 spiro atoms. The second-order valence-electron chi connectivity index (χ2n) is 6.57.